The van der Waals surface area contributed by atoms with Crippen molar-refractivity contribution in [3.05, 3.63) is 40.6 Å². The highest BCUT2D eigenvalue weighted by molar-refractivity contribution is 7.99. The minimum absolute atomic E-state index is 0.0872. The number of H-pyrrole nitrogens is 1. The number of thioether (sulfide) groups is 1. The minimum Gasteiger partial charge on any atom is -0.465 e. The fourth-order valence-electron chi connectivity index (χ4n) is 2.54. The Bertz CT molecular complexity index is 1150. The number of ether oxygens (including phenoxy) is 1. The summed E-state index contributed by atoms with van der Waals surface area (Å²) in [7, 11) is 1.30. The largest absolute Gasteiger partial charge is 0.465 e. The van der Waals surface area contributed by atoms with Crippen LogP contribution >= 0.6 is 23.1 Å². The average Bonchev–Trinajstić information content (AvgIpc) is 3.29. The van der Waals surface area contributed by atoms with Crippen LogP contribution in [0.2, 0.25) is 0 Å². The van der Waals surface area contributed by atoms with Gasteiger partial charge in [-0.15, -0.1) is 21.5 Å². The molecule has 136 valence electrons. The first-order valence-electron chi connectivity index (χ1n) is 7.85. The van der Waals surface area contributed by atoms with Crippen molar-refractivity contribution in [1.82, 2.24) is 20.2 Å². The molecule has 0 radical (unpaired) electrons. The number of esters is 1. The fourth-order valence-corrected chi connectivity index (χ4v) is 3.89. The van der Waals surface area contributed by atoms with Gasteiger partial charge in [0.25, 0.3) is 0 Å². The molecule has 0 saturated heterocycles. The summed E-state index contributed by atoms with van der Waals surface area (Å²) in [6.45, 7) is 0. The zero-order chi connectivity index (χ0) is 18.8. The van der Waals surface area contributed by atoms with Crippen LogP contribution in [-0.4, -0.2) is 44.9 Å². The zero-order valence-corrected chi connectivity index (χ0v) is 15.7. The van der Waals surface area contributed by atoms with Gasteiger partial charge < -0.3 is 15.0 Å². The Labute approximate surface area is 161 Å². The first kappa shape index (κ1) is 17.4. The molecule has 10 heteroatoms. The third kappa shape index (κ3) is 3.49. The van der Waals surface area contributed by atoms with Gasteiger partial charge in [-0.1, -0.05) is 30.0 Å². The molecule has 0 bridgehead atoms. The van der Waals surface area contributed by atoms with E-state index in [0.717, 1.165) is 10.9 Å². The van der Waals surface area contributed by atoms with Gasteiger partial charge in [0.2, 0.25) is 11.1 Å². The number of hydrogen-bond donors (Lipinski definition) is 2. The van der Waals surface area contributed by atoms with E-state index in [1.165, 1.54) is 30.2 Å². The lowest BCUT2D eigenvalue weighted by molar-refractivity contribution is -0.113. The molecule has 0 aliphatic rings. The van der Waals surface area contributed by atoms with Crippen molar-refractivity contribution in [3.8, 4) is 0 Å². The first-order valence-corrected chi connectivity index (χ1v) is 9.72. The molecule has 27 heavy (non-hydrogen) atoms. The van der Waals surface area contributed by atoms with Crippen LogP contribution in [-0.2, 0) is 9.53 Å². The number of carbonyl (C=O) groups excluding carboxylic acids is 2. The van der Waals surface area contributed by atoms with E-state index in [-0.39, 0.29) is 11.7 Å². The molecule has 0 spiro atoms. The Kier molecular flexibility index (Phi) is 4.73. The van der Waals surface area contributed by atoms with E-state index in [0.29, 0.717) is 26.9 Å². The highest BCUT2D eigenvalue weighted by Crippen LogP contribution is 2.25. The molecule has 4 rings (SSSR count). The summed E-state index contributed by atoms with van der Waals surface area (Å²) in [6, 6.07) is 9.41. The van der Waals surface area contributed by atoms with Crippen molar-refractivity contribution in [3.63, 3.8) is 0 Å². The molecule has 8 nitrogen and oxygen atoms in total. The van der Waals surface area contributed by atoms with Gasteiger partial charge >= 0.3 is 5.97 Å². The SMILES string of the molecule is COC(=O)c1sccc1NC(=O)CSc1nnc2c(n1)[nH]c1ccccc12. The van der Waals surface area contributed by atoms with E-state index in [2.05, 4.69) is 25.5 Å². The highest BCUT2D eigenvalue weighted by atomic mass is 32.2. The number of para-hydroxylation sites is 1. The van der Waals surface area contributed by atoms with Crippen LogP contribution in [0.15, 0.2) is 40.9 Å². The molecule has 1 aromatic carbocycles. The summed E-state index contributed by atoms with van der Waals surface area (Å²) in [4.78, 5) is 31.8. The van der Waals surface area contributed by atoms with Crippen molar-refractivity contribution >= 4 is 62.7 Å². The van der Waals surface area contributed by atoms with Gasteiger partial charge in [-0.25, -0.2) is 9.78 Å². The number of nitrogens with zero attached hydrogens (tertiary/aromatic N) is 3. The Morgan fingerprint density at radius 3 is 2.96 bits per heavy atom. The fraction of sp³-hybridized carbons (Fsp3) is 0.118. The third-order valence-corrected chi connectivity index (χ3v) is 5.48. The molecule has 0 unspecified atom stereocenters. The van der Waals surface area contributed by atoms with E-state index in [1.54, 1.807) is 11.4 Å². The van der Waals surface area contributed by atoms with Gasteiger partial charge in [-0.05, 0) is 17.5 Å². The van der Waals surface area contributed by atoms with Gasteiger partial charge in [0.05, 0.1) is 18.6 Å². The van der Waals surface area contributed by atoms with Crippen LogP contribution in [0.4, 0.5) is 5.69 Å². The van der Waals surface area contributed by atoms with E-state index in [1.807, 2.05) is 24.3 Å². The molecular formula is C17H13N5O3S2. The zero-order valence-electron chi connectivity index (χ0n) is 14.1. The van der Waals surface area contributed by atoms with Crippen molar-refractivity contribution in [1.29, 1.82) is 0 Å². The highest BCUT2D eigenvalue weighted by Gasteiger charge is 2.16. The molecular weight excluding hydrogens is 386 g/mol. The molecule has 0 fully saturated rings. The minimum atomic E-state index is -0.482. The van der Waals surface area contributed by atoms with Crippen LogP contribution < -0.4 is 5.32 Å². The number of hydrogen-bond acceptors (Lipinski definition) is 8. The summed E-state index contributed by atoms with van der Waals surface area (Å²) < 4.78 is 4.70. The number of amides is 1. The van der Waals surface area contributed by atoms with Crippen molar-refractivity contribution in [2.24, 2.45) is 0 Å². The Hall–Kier alpha value is -2.98. The number of aromatic amines is 1. The maximum absolute atomic E-state index is 12.2. The molecule has 3 aromatic heterocycles. The number of carbonyl (C=O) groups is 2. The molecule has 0 aliphatic heterocycles. The number of aromatic nitrogens is 4. The van der Waals surface area contributed by atoms with Crippen LogP contribution in [0.3, 0.4) is 0 Å². The quantitative estimate of drug-likeness (QED) is 0.392. The monoisotopic (exact) mass is 399 g/mol. The van der Waals surface area contributed by atoms with Crippen molar-refractivity contribution in [2.45, 2.75) is 5.16 Å². The number of benzene rings is 1. The van der Waals surface area contributed by atoms with Crippen LogP contribution in [0.25, 0.3) is 22.1 Å². The molecule has 1 amide bonds. The Morgan fingerprint density at radius 1 is 1.26 bits per heavy atom. The number of anilines is 1. The molecule has 0 aliphatic carbocycles. The number of rotatable bonds is 5. The maximum atomic E-state index is 12.2. The molecule has 2 N–H and O–H groups in total. The lowest BCUT2D eigenvalue weighted by Gasteiger charge is -2.04. The normalized spacial score (nSPS) is 11.0. The summed E-state index contributed by atoms with van der Waals surface area (Å²) in [5, 5.41) is 14.1. The number of methoxy groups -OCH3 is 1. The Balaban J connectivity index is 1.45. The summed E-state index contributed by atoms with van der Waals surface area (Å²) in [5.74, 6) is -0.669. The van der Waals surface area contributed by atoms with E-state index >= 15 is 0 Å². The Morgan fingerprint density at radius 2 is 2.11 bits per heavy atom. The van der Waals surface area contributed by atoms with E-state index in [4.69, 9.17) is 4.74 Å². The van der Waals surface area contributed by atoms with Gasteiger partial charge in [0.15, 0.2) is 5.65 Å². The van der Waals surface area contributed by atoms with Crippen LogP contribution in [0.1, 0.15) is 9.67 Å². The molecule has 3 heterocycles. The first-order chi connectivity index (χ1) is 13.2. The van der Waals surface area contributed by atoms with Gasteiger partial charge in [-0.3, -0.25) is 4.79 Å². The van der Waals surface area contributed by atoms with Crippen molar-refractivity contribution in [2.75, 3.05) is 18.2 Å². The summed E-state index contributed by atoms with van der Waals surface area (Å²) in [5.41, 5.74) is 2.69. The number of fused-ring (bicyclic) bond motifs is 3. The van der Waals surface area contributed by atoms with E-state index < -0.39 is 5.97 Å². The second-order valence-electron chi connectivity index (χ2n) is 5.45. The average molecular weight is 399 g/mol. The smallest absolute Gasteiger partial charge is 0.350 e. The summed E-state index contributed by atoms with van der Waals surface area (Å²) in [6.07, 6.45) is 0. The van der Waals surface area contributed by atoms with Gasteiger partial charge in [0.1, 0.15) is 10.4 Å². The number of thiophene rings is 1. The van der Waals surface area contributed by atoms with Gasteiger partial charge in [0, 0.05) is 10.9 Å². The van der Waals surface area contributed by atoms with Crippen molar-refractivity contribution < 1.29 is 14.3 Å². The topological polar surface area (TPSA) is 110 Å². The second-order valence-corrected chi connectivity index (χ2v) is 7.31. The van der Waals surface area contributed by atoms with E-state index in [9.17, 15) is 9.59 Å². The maximum Gasteiger partial charge on any atom is 0.350 e. The molecule has 0 atom stereocenters. The molecule has 0 saturated carbocycles. The van der Waals surface area contributed by atoms with Crippen LogP contribution in [0, 0.1) is 0 Å². The van der Waals surface area contributed by atoms with Gasteiger partial charge in [-0.2, -0.15) is 0 Å². The predicted molar refractivity (Wildman–Crippen MR) is 104 cm³/mol. The van der Waals surface area contributed by atoms with Crippen LogP contribution in [0.5, 0.6) is 0 Å². The standard InChI is InChI=1S/C17H13N5O3S2/c1-25-16(24)14-11(6-7-26-14)18-12(23)8-27-17-20-15-13(21-22-17)9-4-2-3-5-10(9)19-15/h2-7H,8H2,1H3,(H,18,23)(H,19,20,22). The predicted octanol–water partition coefficient (Wildman–Crippen LogP) is 3.09. The second kappa shape index (κ2) is 7.33. The molecule has 4 aromatic rings. The third-order valence-electron chi connectivity index (χ3n) is 3.75. The number of nitrogens with one attached hydrogen (secondary N) is 2. The summed E-state index contributed by atoms with van der Waals surface area (Å²) >= 11 is 2.37. The lowest BCUT2D eigenvalue weighted by atomic mass is 10.2. The lowest BCUT2D eigenvalue weighted by Crippen LogP contribution is -2.16.